The summed E-state index contributed by atoms with van der Waals surface area (Å²) < 4.78 is 23.5. The maximum atomic E-state index is 13.4. The third-order valence-electron chi connectivity index (χ3n) is 7.34. The van der Waals surface area contributed by atoms with Crippen molar-refractivity contribution >= 4 is 11.8 Å². The Balaban J connectivity index is 1.42. The maximum absolute atomic E-state index is 13.4. The van der Waals surface area contributed by atoms with Gasteiger partial charge in [-0.15, -0.1) is 0 Å². The number of methoxy groups -OCH3 is 2. The summed E-state index contributed by atoms with van der Waals surface area (Å²) in [6, 6.07) is 13.2. The number of carbonyl (C=O) groups is 2. The van der Waals surface area contributed by atoms with Crippen LogP contribution >= 0.6 is 0 Å². The van der Waals surface area contributed by atoms with Gasteiger partial charge in [-0.05, 0) is 48.2 Å². The summed E-state index contributed by atoms with van der Waals surface area (Å²) in [6.07, 6.45) is 4.20. The lowest BCUT2D eigenvalue weighted by atomic mass is 10.0. The van der Waals surface area contributed by atoms with Gasteiger partial charge >= 0.3 is 0 Å². The molecule has 0 saturated carbocycles. The van der Waals surface area contributed by atoms with E-state index in [9.17, 15) is 9.59 Å². The summed E-state index contributed by atoms with van der Waals surface area (Å²) in [6.45, 7) is 3.18. The number of nitrogens with zero attached hydrogens (tertiary/aromatic N) is 3. The molecule has 2 atom stereocenters. The first-order valence-electron chi connectivity index (χ1n) is 13.9. The fourth-order valence-corrected chi connectivity index (χ4v) is 5.29. The van der Waals surface area contributed by atoms with Crippen LogP contribution in [0.4, 0.5) is 0 Å². The Labute approximate surface area is 239 Å². The number of H-pyrrole nitrogens is 1. The molecule has 0 aliphatic carbocycles. The molecule has 2 aromatic carbocycles. The van der Waals surface area contributed by atoms with E-state index in [2.05, 4.69) is 20.4 Å². The van der Waals surface area contributed by atoms with Gasteiger partial charge in [0.05, 0.1) is 44.2 Å². The number of aromatic nitrogens is 2. The molecule has 3 heterocycles. The lowest BCUT2D eigenvalue weighted by molar-refractivity contribution is -0.125. The van der Waals surface area contributed by atoms with E-state index in [0.717, 1.165) is 17.5 Å². The molecule has 0 radical (unpaired) electrons. The molecule has 11 heteroatoms. The number of amides is 2. The average molecular weight is 564 g/mol. The number of rotatable bonds is 6. The van der Waals surface area contributed by atoms with Crippen LogP contribution < -0.4 is 14.8 Å². The molecule has 0 unspecified atom stereocenters. The number of piperidine rings is 1. The first kappa shape index (κ1) is 28.6. The van der Waals surface area contributed by atoms with E-state index in [1.165, 1.54) is 6.20 Å². The fourth-order valence-electron chi connectivity index (χ4n) is 5.29. The van der Waals surface area contributed by atoms with Crippen LogP contribution in [0.2, 0.25) is 0 Å². The van der Waals surface area contributed by atoms with Gasteiger partial charge in [0, 0.05) is 46.1 Å². The standard InChI is InChI=1S/C30H37N5O6/c1-38-12-4-10-34-17-21-7-8-27(39-2)28(14-21)41-24-6-3-5-22(13-24)20-40-26-9-11-35(18-25(26)33-29(36)19-34)30(37)23-15-31-32-16-23/h3,5-8,13-16,25-26H,4,9-12,17-20H2,1-2H3,(H,31,32)(H,33,36)/t25-,26+/m0/s1. The largest absolute Gasteiger partial charge is 0.493 e. The third kappa shape index (κ3) is 7.43. The zero-order valence-electron chi connectivity index (χ0n) is 23.5. The van der Waals surface area contributed by atoms with Crippen LogP contribution in [-0.4, -0.2) is 91.0 Å². The molecule has 2 aliphatic rings. The maximum Gasteiger partial charge on any atom is 0.257 e. The SMILES string of the molecule is COCCCN1CC(=O)N[C@H]2CN(C(=O)c3cn[nH]c3)CC[C@H]2OCc2cccc(c2)Oc2cc(ccc2OC)C1. The van der Waals surface area contributed by atoms with Crippen molar-refractivity contribution < 1.29 is 28.5 Å². The summed E-state index contributed by atoms with van der Waals surface area (Å²) in [5.41, 5.74) is 2.42. The van der Waals surface area contributed by atoms with E-state index in [-0.39, 0.29) is 30.5 Å². The lowest BCUT2D eigenvalue weighted by Gasteiger charge is -2.39. The number of ether oxygens (including phenoxy) is 4. The first-order chi connectivity index (χ1) is 20.0. The number of likely N-dealkylation sites (tertiary alicyclic amines) is 1. The van der Waals surface area contributed by atoms with Crippen molar-refractivity contribution in [1.82, 2.24) is 25.3 Å². The topological polar surface area (TPSA) is 118 Å². The summed E-state index contributed by atoms with van der Waals surface area (Å²) >= 11 is 0. The van der Waals surface area contributed by atoms with E-state index in [0.29, 0.717) is 68.6 Å². The highest BCUT2D eigenvalue weighted by Gasteiger charge is 2.34. The van der Waals surface area contributed by atoms with Crippen LogP contribution in [-0.2, 0) is 27.4 Å². The molecular formula is C30H37N5O6. The molecule has 2 aliphatic heterocycles. The molecule has 1 saturated heterocycles. The number of aromatic amines is 1. The number of fused-ring (bicyclic) bond motifs is 5. The molecule has 218 valence electrons. The van der Waals surface area contributed by atoms with E-state index >= 15 is 0 Å². The van der Waals surface area contributed by atoms with Crippen LogP contribution in [0.25, 0.3) is 0 Å². The highest BCUT2D eigenvalue weighted by molar-refractivity contribution is 5.93. The monoisotopic (exact) mass is 563 g/mol. The van der Waals surface area contributed by atoms with E-state index in [1.807, 2.05) is 42.5 Å². The Hall–Kier alpha value is -3.93. The van der Waals surface area contributed by atoms with Crippen molar-refractivity contribution in [2.24, 2.45) is 0 Å². The van der Waals surface area contributed by atoms with Gasteiger partial charge in [-0.25, -0.2) is 0 Å². The summed E-state index contributed by atoms with van der Waals surface area (Å²) in [4.78, 5) is 30.3. The molecule has 2 amide bonds. The van der Waals surface area contributed by atoms with Gasteiger partial charge in [-0.1, -0.05) is 18.2 Å². The molecule has 11 nitrogen and oxygen atoms in total. The second-order valence-electron chi connectivity index (χ2n) is 10.3. The van der Waals surface area contributed by atoms with Crippen molar-refractivity contribution in [3.63, 3.8) is 0 Å². The van der Waals surface area contributed by atoms with Crippen molar-refractivity contribution in [1.29, 1.82) is 0 Å². The van der Waals surface area contributed by atoms with Crippen LogP contribution in [0, 0.1) is 0 Å². The van der Waals surface area contributed by atoms with E-state index < -0.39 is 0 Å². The van der Waals surface area contributed by atoms with E-state index in [1.54, 1.807) is 25.3 Å². The van der Waals surface area contributed by atoms with E-state index in [4.69, 9.17) is 18.9 Å². The van der Waals surface area contributed by atoms with Crippen molar-refractivity contribution in [2.75, 3.05) is 47.0 Å². The van der Waals surface area contributed by atoms with Gasteiger partial charge in [0.2, 0.25) is 5.91 Å². The Morgan fingerprint density at radius 3 is 2.85 bits per heavy atom. The van der Waals surface area contributed by atoms with Crippen LogP contribution in [0.15, 0.2) is 54.9 Å². The summed E-state index contributed by atoms with van der Waals surface area (Å²) in [5.74, 6) is 1.65. The molecule has 1 aromatic heterocycles. The minimum Gasteiger partial charge on any atom is -0.493 e. The minimum absolute atomic E-state index is 0.125. The normalized spacial score (nSPS) is 20.0. The predicted molar refractivity (Wildman–Crippen MR) is 151 cm³/mol. The fraction of sp³-hybridized carbons (Fsp3) is 0.433. The first-order valence-corrected chi connectivity index (χ1v) is 13.9. The Morgan fingerprint density at radius 2 is 2.05 bits per heavy atom. The Kier molecular flexibility index (Phi) is 9.50. The lowest BCUT2D eigenvalue weighted by Crippen LogP contribution is -2.58. The molecule has 4 bridgehead atoms. The molecule has 41 heavy (non-hydrogen) atoms. The number of carbonyl (C=O) groups excluding carboxylic acids is 2. The number of benzene rings is 2. The average Bonchev–Trinajstić information content (AvgIpc) is 3.51. The highest BCUT2D eigenvalue weighted by atomic mass is 16.5. The Bertz CT molecular complexity index is 1320. The molecule has 3 aromatic rings. The summed E-state index contributed by atoms with van der Waals surface area (Å²) in [7, 11) is 3.28. The number of hydrogen-bond donors (Lipinski definition) is 2. The highest BCUT2D eigenvalue weighted by Crippen LogP contribution is 2.33. The Morgan fingerprint density at radius 1 is 1.15 bits per heavy atom. The van der Waals surface area contributed by atoms with Crippen molar-refractivity contribution in [2.45, 2.75) is 38.1 Å². The molecule has 0 spiro atoms. The zero-order valence-corrected chi connectivity index (χ0v) is 23.5. The van der Waals surface area contributed by atoms with Gasteiger partial charge < -0.3 is 29.2 Å². The summed E-state index contributed by atoms with van der Waals surface area (Å²) in [5, 5.41) is 9.78. The van der Waals surface area contributed by atoms with Gasteiger partial charge in [0.15, 0.2) is 11.5 Å². The van der Waals surface area contributed by atoms with Crippen LogP contribution in [0.5, 0.6) is 17.2 Å². The van der Waals surface area contributed by atoms with Gasteiger partial charge in [-0.2, -0.15) is 5.10 Å². The second-order valence-corrected chi connectivity index (χ2v) is 10.3. The molecule has 2 N–H and O–H groups in total. The van der Waals surface area contributed by atoms with Gasteiger partial charge in [-0.3, -0.25) is 19.6 Å². The molecular weight excluding hydrogens is 526 g/mol. The minimum atomic E-state index is -0.368. The van der Waals surface area contributed by atoms with Gasteiger partial charge in [0.1, 0.15) is 5.75 Å². The molecule has 5 rings (SSSR count). The zero-order chi connectivity index (χ0) is 28.6. The predicted octanol–water partition coefficient (Wildman–Crippen LogP) is 2.98. The van der Waals surface area contributed by atoms with Crippen LogP contribution in [0.3, 0.4) is 0 Å². The second kappa shape index (κ2) is 13.6. The molecule has 1 fully saturated rings. The van der Waals surface area contributed by atoms with Crippen molar-refractivity contribution in [3.8, 4) is 17.2 Å². The number of hydrogen-bond acceptors (Lipinski definition) is 8. The van der Waals surface area contributed by atoms with Gasteiger partial charge in [0.25, 0.3) is 5.91 Å². The quantitative estimate of drug-likeness (QED) is 0.440. The smallest absolute Gasteiger partial charge is 0.257 e. The van der Waals surface area contributed by atoms with Crippen molar-refractivity contribution in [3.05, 3.63) is 71.5 Å². The van der Waals surface area contributed by atoms with Crippen LogP contribution in [0.1, 0.15) is 34.3 Å². The number of nitrogens with one attached hydrogen (secondary N) is 2. The third-order valence-corrected chi connectivity index (χ3v) is 7.34.